The van der Waals surface area contributed by atoms with Crippen LogP contribution in [0.2, 0.25) is 0 Å². The lowest BCUT2D eigenvalue weighted by atomic mass is 10.0. The molecule has 0 aromatic carbocycles. The fourth-order valence-corrected chi connectivity index (χ4v) is 3.38. The van der Waals surface area contributed by atoms with Crippen LogP contribution in [0.3, 0.4) is 0 Å². The molecule has 146 valence electrons. The molecule has 1 aliphatic rings. The summed E-state index contributed by atoms with van der Waals surface area (Å²) in [5.41, 5.74) is 3.66. The Balaban J connectivity index is 1.57. The van der Waals surface area contributed by atoms with Gasteiger partial charge < -0.3 is 15.4 Å². The zero-order valence-corrected chi connectivity index (χ0v) is 16.7. The number of rotatable bonds is 4. The van der Waals surface area contributed by atoms with E-state index in [-0.39, 0.29) is 17.7 Å². The number of aryl methyl sites for hydroxylation is 2. The summed E-state index contributed by atoms with van der Waals surface area (Å²) in [7, 11) is 0. The number of aromatic nitrogens is 3. The van der Waals surface area contributed by atoms with E-state index in [2.05, 4.69) is 25.8 Å². The van der Waals surface area contributed by atoms with Crippen LogP contribution >= 0.6 is 0 Å². The molecule has 0 saturated heterocycles. The van der Waals surface area contributed by atoms with Gasteiger partial charge in [-0.3, -0.25) is 10.1 Å². The predicted molar refractivity (Wildman–Crippen MR) is 105 cm³/mol. The van der Waals surface area contributed by atoms with E-state index in [0.29, 0.717) is 5.92 Å². The first-order chi connectivity index (χ1) is 12.7. The summed E-state index contributed by atoms with van der Waals surface area (Å²) in [6.07, 6.45) is 2.25. The van der Waals surface area contributed by atoms with Crippen molar-refractivity contribution in [3.05, 3.63) is 35.3 Å². The Morgan fingerprint density at radius 3 is 2.74 bits per heavy atom. The van der Waals surface area contributed by atoms with Crippen molar-refractivity contribution >= 4 is 17.6 Å². The maximum Gasteiger partial charge on any atom is 0.407 e. The number of anilines is 2. The summed E-state index contributed by atoms with van der Waals surface area (Å²) < 4.78 is 5.56. The van der Waals surface area contributed by atoms with Crippen LogP contribution in [0.15, 0.2) is 18.2 Å². The minimum atomic E-state index is -0.345. The molecule has 1 saturated carbocycles. The second kappa shape index (κ2) is 7.58. The minimum absolute atomic E-state index is 0.0550. The number of hydrogen-bond donors (Lipinski definition) is 3. The van der Waals surface area contributed by atoms with Crippen LogP contribution in [0.1, 0.15) is 63.0 Å². The quantitative estimate of drug-likeness (QED) is 0.744. The molecule has 0 unspecified atom stereocenters. The molecule has 2 aromatic rings. The van der Waals surface area contributed by atoms with Gasteiger partial charge in [-0.25, -0.2) is 4.79 Å². The van der Waals surface area contributed by atoms with Gasteiger partial charge in [-0.1, -0.05) is 0 Å². The average molecular weight is 371 g/mol. The molecule has 7 nitrogen and oxygen atoms in total. The molecule has 1 fully saturated rings. The number of pyridine rings is 1. The number of H-pyrrole nitrogens is 1. The van der Waals surface area contributed by atoms with E-state index in [1.54, 1.807) is 0 Å². The van der Waals surface area contributed by atoms with Crippen molar-refractivity contribution in [3.8, 4) is 0 Å². The van der Waals surface area contributed by atoms with Gasteiger partial charge in [0.15, 0.2) is 5.82 Å². The Morgan fingerprint density at radius 1 is 1.26 bits per heavy atom. The molecule has 3 rings (SSSR count). The number of nitrogens with one attached hydrogen (secondary N) is 3. The number of nitrogens with zero attached hydrogens (tertiary/aromatic N) is 2. The molecule has 7 heteroatoms. The molecule has 1 amide bonds. The van der Waals surface area contributed by atoms with Crippen molar-refractivity contribution in [1.29, 1.82) is 0 Å². The average Bonchev–Trinajstić information content (AvgIpc) is 3.17. The third-order valence-electron chi connectivity index (χ3n) is 4.66. The largest absolute Gasteiger partial charge is 0.446 e. The van der Waals surface area contributed by atoms with E-state index in [0.717, 1.165) is 47.8 Å². The minimum Gasteiger partial charge on any atom is -0.446 e. The Hall–Kier alpha value is -2.57. The molecular formula is C20H29N5O2. The van der Waals surface area contributed by atoms with Gasteiger partial charge in [-0.05, 0) is 66.0 Å². The van der Waals surface area contributed by atoms with Crippen LogP contribution in [-0.4, -0.2) is 32.9 Å². The van der Waals surface area contributed by atoms with Gasteiger partial charge in [-0.2, -0.15) is 5.10 Å². The SMILES string of the molecule is Cc1ccc(Nc2cc([C@H]3CC[C@@H](OC(=O)NC(C)(C)C)C3)[nH]n2)c(C)n1. The molecule has 2 aromatic heterocycles. The number of alkyl carbamates (subject to hydrolysis) is 1. The second-order valence-corrected chi connectivity index (χ2v) is 8.33. The molecule has 0 spiro atoms. The fourth-order valence-electron chi connectivity index (χ4n) is 3.38. The zero-order valence-electron chi connectivity index (χ0n) is 16.7. The van der Waals surface area contributed by atoms with Gasteiger partial charge in [0.05, 0.1) is 11.4 Å². The Morgan fingerprint density at radius 2 is 2.04 bits per heavy atom. The number of hydrogen-bond acceptors (Lipinski definition) is 5. The zero-order chi connectivity index (χ0) is 19.6. The Bertz CT molecular complexity index is 809. The highest BCUT2D eigenvalue weighted by Crippen LogP contribution is 2.36. The van der Waals surface area contributed by atoms with Gasteiger partial charge in [-0.15, -0.1) is 0 Å². The number of amides is 1. The van der Waals surface area contributed by atoms with E-state index in [1.165, 1.54) is 0 Å². The molecule has 2 heterocycles. The summed E-state index contributed by atoms with van der Waals surface area (Å²) in [5.74, 6) is 1.09. The second-order valence-electron chi connectivity index (χ2n) is 8.33. The van der Waals surface area contributed by atoms with Gasteiger partial charge in [0, 0.05) is 28.9 Å². The summed E-state index contributed by atoms with van der Waals surface area (Å²) in [4.78, 5) is 16.4. The van der Waals surface area contributed by atoms with Crippen LogP contribution < -0.4 is 10.6 Å². The van der Waals surface area contributed by atoms with E-state index >= 15 is 0 Å². The Kier molecular flexibility index (Phi) is 5.39. The maximum absolute atomic E-state index is 12.0. The van der Waals surface area contributed by atoms with Gasteiger partial charge >= 0.3 is 6.09 Å². The third kappa shape index (κ3) is 5.21. The summed E-state index contributed by atoms with van der Waals surface area (Å²) in [6, 6.07) is 6.02. The van der Waals surface area contributed by atoms with E-state index in [9.17, 15) is 4.79 Å². The smallest absolute Gasteiger partial charge is 0.407 e. The summed E-state index contributed by atoms with van der Waals surface area (Å²) >= 11 is 0. The van der Waals surface area contributed by atoms with Crippen molar-refractivity contribution in [3.63, 3.8) is 0 Å². The maximum atomic E-state index is 12.0. The van der Waals surface area contributed by atoms with Crippen molar-refractivity contribution in [1.82, 2.24) is 20.5 Å². The van der Waals surface area contributed by atoms with Crippen LogP contribution in [0.5, 0.6) is 0 Å². The summed E-state index contributed by atoms with van der Waals surface area (Å²) in [5, 5.41) is 13.6. The number of carbonyl (C=O) groups excluding carboxylic acids is 1. The molecular weight excluding hydrogens is 342 g/mol. The van der Waals surface area contributed by atoms with Crippen molar-refractivity contribution in [2.45, 2.75) is 71.4 Å². The highest BCUT2D eigenvalue weighted by Gasteiger charge is 2.30. The molecule has 0 bridgehead atoms. The highest BCUT2D eigenvalue weighted by molar-refractivity contribution is 5.68. The van der Waals surface area contributed by atoms with Crippen molar-refractivity contribution in [2.24, 2.45) is 0 Å². The fraction of sp³-hybridized carbons (Fsp3) is 0.550. The lowest BCUT2D eigenvalue weighted by Crippen LogP contribution is -2.42. The van der Waals surface area contributed by atoms with Gasteiger partial charge in [0.2, 0.25) is 0 Å². The predicted octanol–water partition coefficient (Wildman–Crippen LogP) is 4.33. The molecule has 1 aliphatic carbocycles. The first-order valence-electron chi connectivity index (χ1n) is 9.45. The molecule has 2 atom stereocenters. The lowest BCUT2D eigenvalue weighted by Gasteiger charge is -2.22. The van der Waals surface area contributed by atoms with E-state index in [1.807, 2.05) is 52.8 Å². The van der Waals surface area contributed by atoms with Crippen LogP contribution in [0, 0.1) is 13.8 Å². The van der Waals surface area contributed by atoms with Crippen LogP contribution in [0.25, 0.3) is 0 Å². The van der Waals surface area contributed by atoms with E-state index < -0.39 is 0 Å². The normalized spacial score (nSPS) is 19.7. The number of aromatic amines is 1. The van der Waals surface area contributed by atoms with E-state index in [4.69, 9.17) is 4.74 Å². The highest BCUT2D eigenvalue weighted by atomic mass is 16.6. The number of carbonyl (C=O) groups is 1. The van der Waals surface area contributed by atoms with Crippen LogP contribution in [0.4, 0.5) is 16.3 Å². The van der Waals surface area contributed by atoms with Crippen molar-refractivity contribution in [2.75, 3.05) is 5.32 Å². The molecule has 0 radical (unpaired) electrons. The molecule has 3 N–H and O–H groups in total. The van der Waals surface area contributed by atoms with Crippen molar-refractivity contribution < 1.29 is 9.53 Å². The molecule has 0 aliphatic heterocycles. The van der Waals surface area contributed by atoms with Crippen LogP contribution in [-0.2, 0) is 4.74 Å². The topological polar surface area (TPSA) is 91.9 Å². The molecule has 27 heavy (non-hydrogen) atoms. The standard InChI is InChI=1S/C20H29N5O2/c1-12-6-9-16(13(2)21-12)22-18-11-17(24-25-18)14-7-8-15(10-14)27-19(26)23-20(3,4)5/h6,9,11,14-15H,7-8,10H2,1-5H3,(H,23,26)(H2,22,24,25)/t14-,15+/m0/s1. The van der Waals surface area contributed by atoms with Gasteiger partial charge in [0.25, 0.3) is 0 Å². The number of ether oxygens (including phenoxy) is 1. The first kappa shape index (κ1) is 19.2. The first-order valence-corrected chi connectivity index (χ1v) is 9.45. The lowest BCUT2D eigenvalue weighted by molar-refractivity contribution is 0.0937. The van der Waals surface area contributed by atoms with Gasteiger partial charge in [0.1, 0.15) is 6.10 Å². The third-order valence-corrected chi connectivity index (χ3v) is 4.66. The summed E-state index contributed by atoms with van der Waals surface area (Å²) in [6.45, 7) is 9.77. The monoisotopic (exact) mass is 371 g/mol. The Labute approximate surface area is 160 Å².